The second-order valence-electron chi connectivity index (χ2n) is 10.2. The van der Waals surface area contributed by atoms with Gasteiger partial charge in [0.15, 0.2) is 18.9 Å². The minimum absolute atomic E-state index is 0.248. The number of nitrogens with one attached hydrogen (secondary N) is 1. The molecule has 35 heavy (non-hydrogen) atoms. The van der Waals surface area contributed by atoms with E-state index in [9.17, 15) is 20.4 Å². The summed E-state index contributed by atoms with van der Waals surface area (Å²) in [6.45, 7) is 1.80. The quantitative estimate of drug-likeness (QED) is 0.169. The van der Waals surface area contributed by atoms with Gasteiger partial charge in [-0.2, -0.15) is 0 Å². The number of ether oxygens (including phenoxy) is 5. The van der Waals surface area contributed by atoms with Crippen molar-refractivity contribution in [3.63, 3.8) is 0 Å². The van der Waals surface area contributed by atoms with E-state index in [1.165, 1.54) is 0 Å². The standard InChI is InChI=1S/C21H41N5O9/c1-6-7(22)4-11(27)20(31-6)35-21-13(26-2)15(29)18-12(32-21)5-10(25)19(34-18)33-17-9(24)3-8(23)14(28)16(17)30/h6-21,26-30H,3-5,22-25H2,1-2H3/t6?,7-,8+,9?,10-,11-,12-,13?,14+,15?,16?,17+,18?,19-,20+,21?/m0/s1. The van der Waals surface area contributed by atoms with Crippen LogP contribution in [0, 0.1) is 0 Å². The molecule has 0 aromatic carbocycles. The molecule has 3 saturated heterocycles. The molecule has 14 nitrogen and oxygen atoms in total. The zero-order chi connectivity index (χ0) is 25.6. The molecule has 3 aliphatic heterocycles. The summed E-state index contributed by atoms with van der Waals surface area (Å²) >= 11 is 0. The number of rotatable bonds is 5. The molecule has 3 heterocycles. The highest BCUT2D eigenvalue weighted by Gasteiger charge is 2.53. The summed E-state index contributed by atoms with van der Waals surface area (Å²) in [7, 11) is 1.63. The molecule has 0 aromatic rings. The van der Waals surface area contributed by atoms with Gasteiger partial charge in [-0.3, -0.25) is 0 Å². The van der Waals surface area contributed by atoms with Gasteiger partial charge in [0.2, 0.25) is 0 Å². The van der Waals surface area contributed by atoms with Crippen molar-refractivity contribution in [2.75, 3.05) is 7.05 Å². The predicted molar refractivity (Wildman–Crippen MR) is 120 cm³/mol. The summed E-state index contributed by atoms with van der Waals surface area (Å²) in [6, 6.07) is -3.03. The van der Waals surface area contributed by atoms with E-state index in [4.69, 9.17) is 46.6 Å². The van der Waals surface area contributed by atoms with Crippen LogP contribution in [0.15, 0.2) is 0 Å². The molecule has 0 aromatic heterocycles. The van der Waals surface area contributed by atoms with Crippen LogP contribution in [0.3, 0.4) is 0 Å². The Morgan fingerprint density at radius 2 is 1.43 bits per heavy atom. The summed E-state index contributed by atoms with van der Waals surface area (Å²) in [5.41, 5.74) is 24.2. The maximum absolute atomic E-state index is 11.1. The smallest absolute Gasteiger partial charge is 0.186 e. The van der Waals surface area contributed by atoms with Gasteiger partial charge in [-0.25, -0.2) is 0 Å². The van der Waals surface area contributed by atoms with Gasteiger partial charge in [-0.15, -0.1) is 0 Å². The Morgan fingerprint density at radius 1 is 0.714 bits per heavy atom. The molecule has 0 radical (unpaired) electrons. The Balaban J connectivity index is 1.42. The number of nitrogens with two attached hydrogens (primary N) is 4. The highest BCUT2D eigenvalue weighted by Crippen LogP contribution is 2.35. The normalized spacial score (nSPS) is 55.4. The van der Waals surface area contributed by atoms with Gasteiger partial charge in [0, 0.05) is 18.1 Å². The second kappa shape index (κ2) is 11.0. The second-order valence-corrected chi connectivity index (χ2v) is 10.2. The zero-order valence-electron chi connectivity index (χ0n) is 20.0. The molecule has 4 rings (SSSR count). The van der Waals surface area contributed by atoms with Crippen LogP contribution in [-0.2, 0) is 23.7 Å². The third kappa shape index (κ3) is 5.51. The van der Waals surface area contributed by atoms with E-state index in [-0.39, 0.29) is 25.0 Å². The van der Waals surface area contributed by atoms with Crippen LogP contribution in [0.5, 0.6) is 0 Å². The number of hydrogen-bond acceptors (Lipinski definition) is 14. The number of hydrogen-bond donors (Lipinski definition) is 9. The maximum atomic E-state index is 11.1. The molecule has 204 valence electrons. The van der Waals surface area contributed by atoms with Crippen molar-refractivity contribution in [1.29, 1.82) is 0 Å². The molecule has 7 unspecified atom stereocenters. The van der Waals surface area contributed by atoms with E-state index in [0.29, 0.717) is 6.42 Å². The van der Waals surface area contributed by atoms with Gasteiger partial charge in [0.25, 0.3) is 0 Å². The molecule has 1 aliphatic carbocycles. The first-order valence-electron chi connectivity index (χ1n) is 12.2. The molecule has 0 bridgehead atoms. The third-order valence-electron chi connectivity index (χ3n) is 7.58. The molecular formula is C21H41N5O9. The van der Waals surface area contributed by atoms with Crippen LogP contribution >= 0.6 is 0 Å². The van der Waals surface area contributed by atoms with Gasteiger partial charge in [-0.1, -0.05) is 0 Å². The lowest BCUT2D eigenvalue weighted by Gasteiger charge is -2.51. The Hall–Kier alpha value is -0.560. The van der Waals surface area contributed by atoms with Crippen LogP contribution < -0.4 is 28.3 Å². The first-order chi connectivity index (χ1) is 16.5. The highest BCUT2D eigenvalue weighted by atomic mass is 16.8. The van der Waals surface area contributed by atoms with Gasteiger partial charge >= 0.3 is 0 Å². The molecule has 13 N–H and O–H groups in total. The lowest BCUT2D eigenvalue weighted by atomic mass is 9.84. The van der Waals surface area contributed by atoms with Crippen molar-refractivity contribution in [3.8, 4) is 0 Å². The van der Waals surface area contributed by atoms with Crippen LogP contribution in [0.2, 0.25) is 0 Å². The minimum atomic E-state index is -1.31. The van der Waals surface area contributed by atoms with Gasteiger partial charge in [0.05, 0.1) is 30.4 Å². The van der Waals surface area contributed by atoms with Crippen LogP contribution in [0.4, 0.5) is 0 Å². The monoisotopic (exact) mass is 507 g/mol. The van der Waals surface area contributed by atoms with Crippen molar-refractivity contribution in [2.24, 2.45) is 22.9 Å². The predicted octanol–water partition coefficient (Wildman–Crippen LogP) is -4.89. The van der Waals surface area contributed by atoms with E-state index < -0.39 is 85.8 Å². The average molecular weight is 508 g/mol. The average Bonchev–Trinajstić information content (AvgIpc) is 2.79. The zero-order valence-corrected chi connectivity index (χ0v) is 20.0. The van der Waals surface area contributed by atoms with Crippen molar-refractivity contribution in [3.05, 3.63) is 0 Å². The molecule has 4 aliphatic rings. The Bertz CT molecular complexity index is 710. The van der Waals surface area contributed by atoms with E-state index >= 15 is 0 Å². The van der Waals surface area contributed by atoms with E-state index in [0.717, 1.165) is 0 Å². The third-order valence-corrected chi connectivity index (χ3v) is 7.58. The Kier molecular flexibility index (Phi) is 8.67. The maximum Gasteiger partial charge on any atom is 0.186 e. The van der Waals surface area contributed by atoms with Crippen molar-refractivity contribution in [1.82, 2.24) is 5.32 Å². The molecule has 14 heteroatoms. The van der Waals surface area contributed by atoms with Crippen molar-refractivity contribution in [2.45, 2.75) is 124 Å². The summed E-state index contributed by atoms with van der Waals surface area (Å²) in [6.07, 6.45) is -9.43. The topological polar surface area (TPSA) is 243 Å². The number of likely N-dealkylation sites (N-methyl/N-ethyl adjacent to an activating group) is 1. The highest BCUT2D eigenvalue weighted by molar-refractivity contribution is 5.01. The minimum Gasteiger partial charge on any atom is -0.389 e. The molecule has 1 saturated carbocycles. The fourth-order valence-electron chi connectivity index (χ4n) is 5.33. The van der Waals surface area contributed by atoms with E-state index in [1.54, 1.807) is 14.0 Å². The number of aliphatic hydroxyl groups excluding tert-OH is 4. The van der Waals surface area contributed by atoms with Crippen LogP contribution in [0.25, 0.3) is 0 Å². The summed E-state index contributed by atoms with van der Waals surface area (Å²) in [4.78, 5) is 0. The summed E-state index contributed by atoms with van der Waals surface area (Å²) in [5, 5.41) is 45.0. The Morgan fingerprint density at radius 3 is 2.11 bits per heavy atom. The summed E-state index contributed by atoms with van der Waals surface area (Å²) < 4.78 is 29.7. The molecule has 0 spiro atoms. The number of fused-ring (bicyclic) bond motifs is 1. The SMILES string of the molecule is CNC1C(O[C@H]2OC(C)[C@@H](N)C[C@@H]2O)O[C@H]2C[C@H](N)[C@@H](O[C@@H]3C(N)C[C@@H](N)[C@@H](O)C3O)OC2C1O. The van der Waals surface area contributed by atoms with Crippen LogP contribution in [0.1, 0.15) is 26.2 Å². The van der Waals surface area contributed by atoms with Gasteiger partial charge in [0.1, 0.15) is 30.5 Å². The molecule has 16 atom stereocenters. The molecule has 0 amide bonds. The Labute approximate surface area is 204 Å². The van der Waals surface area contributed by atoms with Gasteiger partial charge < -0.3 is 72.4 Å². The van der Waals surface area contributed by atoms with Gasteiger partial charge in [-0.05, 0) is 33.2 Å². The molecule has 4 fully saturated rings. The fourth-order valence-corrected chi connectivity index (χ4v) is 5.33. The largest absolute Gasteiger partial charge is 0.389 e. The fraction of sp³-hybridized carbons (Fsp3) is 1.00. The molecular weight excluding hydrogens is 466 g/mol. The van der Waals surface area contributed by atoms with Crippen molar-refractivity contribution < 1.29 is 44.1 Å². The first-order valence-corrected chi connectivity index (χ1v) is 12.2. The lowest BCUT2D eigenvalue weighted by molar-refractivity contribution is -0.366. The summed E-state index contributed by atoms with van der Waals surface area (Å²) in [5.74, 6) is 0. The number of aliphatic hydroxyl groups is 4. The van der Waals surface area contributed by atoms with E-state index in [2.05, 4.69) is 5.32 Å². The first kappa shape index (κ1) is 27.5. The van der Waals surface area contributed by atoms with Crippen LogP contribution in [-0.4, -0.2) is 125 Å². The lowest BCUT2D eigenvalue weighted by Crippen LogP contribution is -2.69. The van der Waals surface area contributed by atoms with Crippen molar-refractivity contribution >= 4 is 0 Å². The van der Waals surface area contributed by atoms with E-state index in [1.807, 2.05) is 0 Å².